The van der Waals surface area contributed by atoms with E-state index >= 15 is 0 Å². The molecule has 0 spiro atoms. The molecule has 11 heteroatoms. The minimum Gasteiger partial charge on any atom is -0.495 e. The monoisotopic (exact) mass is 671 g/mol. The zero-order chi connectivity index (χ0) is 34.7. The van der Waals surface area contributed by atoms with Crippen molar-refractivity contribution in [1.29, 1.82) is 0 Å². The smallest absolute Gasteiger partial charge is 0.407 e. The van der Waals surface area contributed by atoms with Crippen molar-refractivity contribution < 1.29 is 19.4 Å². The second-order valence-electron chi connectivity index (χ2n) is 14.8. The average Bonchev–Trinajstić information content (AvgIpc) is 3.62. The van der Waals surface area contributed by atoms with E-state index in [1.165, 1.54) is 0 Å². The summed E-state index contributed by atoms with van der Waals surface area (Å²) in [5.41, 5.74) is 4.06. The van der Waals surface area contributed by atoms with Crippen molar-refractivity contribution in [1.82, 2.24) is 29.5 Å². The van der Waals surface area contributed by atoms with Crippen molar-refractivity contribution in [3.63, 3.8) is 0 Å². The second-order valence-corrected chi connectivity index (χ2v) is 14.8. The van der Waals surface area contributed by atoms with Crippen LogP contribution in [0.2, 0.25) is 0 Å². The summed E-state index contributed by atoms with van der Waals surface area (Å²) < 4.78 is 7.38. The number of pyridine rings is 2. The predicted molar refractivity (Wildman–Crippen MR) is 190 cm³/mol. The Balaban J connectivity index is 1.18. The first-order valence-electron chi connectivity index (χ1n) is 18.1. The van der Waals surface area contributed by atoms with Gasteiger partial charge in [-0.1, -0.05) is 0 Å². The molecule has 3 aliphatic rings. The Morgan fingerprint density at radius 3 is 2.43 bits per heavy atom. The van der Waals surface area contributed by atoms with E-state index in [-0.39, 0.29) is 29.8 Å². The van der Waals surface area contributed by atoms with E-state index in [1.54, 1.807) is 12.0 Å². The lowest BCUT2D eigenvalue weighted by atomic mass is 9.76. The molecule has 1 unspecified atom stereocenters. The van der Waals surface area contributed by atoms with Crippen LogP contribution in [0.3, 0.4) is 0 Å². The van der Waals surface area contributed by atoms with Gasteiger partial charge in [0.2, 0.25) is 5.91 Å². The summed E-state index contributed by atoms with van der Waals surface area (Å²) in [4.78, 5) is 42.1. The van der Waals surface area contributed by atoms with Crippen molar-refractivity contribution in [2.45, 2.75) is 90.1 Å². The van der Waals surface area contributed by atoms with E-state index in [0.29, 0.717) is 30.7 Å². The van der Waals surface area contributed by atoms with Gasteiger partial charge in [-0.25, -0.2) is 9.78 Å². The van der Waals surface area contributed by atoms with E-state index in [1.807, 2.05) is 47.1 Å². The van der Waals surface area contributed by atoms with Gasteiger partial charge in [0.05, 0.1) is 25.0 Å². The zero-order valence-corrected chi connectivity index (χ0v) is 29.8. The highest BCUT2D eigenvalue weighted by atomic mass is 16.5. The zero-order valence-electron chi connectivity index (χ0n) is 29.8. The van der Waals surface area contributed by atoms with Crippen LogP contribution in [0, 0.1) is 24.7 Å². The van der Waals surface area contributed by atoms with E-state index in [2.05, 4.69) is 43.2 Å². The quantitative estimate of drug-likeness (QED) is 0.269. The van der Waals surface area contributed by atoms with E-state index in [0.717, 1.165) is 92.7 Å². The average molecular weight is 672 g/mol. The maximum atomic E-state index is 14.5. The van der Waals surface area contributed by atoms with Gasteiger partial charge < -0.3 is 19.6 Å². The second kappa shape index (κ2) is 15.3. The van der Waals surface area contributed by atoms with Crippen LogP contribution in [-0.4, -0.2) is 93.0 Å². The van der Waals surface area contributed by atoms with Crippen LogP contribution in [0.4, 0.5) is 10.6 Å². The van der Waals surface area contributed by atoms with Crippen molar-refractivity contribution in [3.05, 3.63) is 54.2 Å². The summed E-state index contributed by atoms with van der Waals surface area (Å²) >= 11 is 0. The first kappa shape index (κ1) is 34.9. The molecule has 1 N–H and O–H groups in total. The molecule has 11 nitrogen and oxygen atoms in total. The number of carbonyl (C=O) groups excluding carboxylic acids is 1. The molecule has 3 aromatic heterocycles. The number of aromatic nitrogens is 4. The Bertz CT molecular complexity index is 1590. The van der Waals surface area contributed by atoms with Crippen LogP contribution in [0.25, 0.3) is 11.1 Å². The van der Waals surface area contributed by atoms with Crippen LogP contribution in [0.15, 0.2) is 42.9 Å². The lowest BCUT2D eigenvalue weighted by molar-refractivity contribution is -0.124. The molecule has 4 heterocycles. The van der Waals surface area contributed by atoms with Crippen molar-refractivity contribution in [2.24, 2.45) is 17.8 Å². The molecule has 6 rings (SSSR count). The molecule has 1 aliphatic heterocycles. The third-order valence-corrected chi connectivity index (χ3v) is 11.3. The number of aryl methyl sites for hydroxylation is 1. The Hall–Kier alpha value is -3.99. The summed E-state index contributed by atoms with van der Waals surface area (Å²) in [6, 6.07) is 8.39. The van der Waals surface area contributed by atoms with Gasteiger partial charge in [0, 0.05) is 67.7 Å². The summed E-state index contributed by atoms with van der Waals surface area (Å²) in [6.07, 6.45) is 12.3. The molecule has 0 bridgehead atoms. The highest BCUT2D eigenvalue weighted by molar-refractivity contribution is 5.94. The fourth-order valence-electron chi connectivity index (χ4n) is 8.29. The molecule has 264 valence electrons. The topological polar surface area (TPSA) is 117 Å². The SMILES string of the molecule is COc1ccc([C@H]2CC[C@H](CN(c3cc(-c4cnn(C(C)C)c4)ccn3)C(=O)[C@H]3CC[C@H](C4CN(C)CCN4C(=O)O)CC3)CC2)nc1C. The van der Waals surface area contributed by atoms with E-state index in [4.69, 9.17) is 14.7 Å². The van der Waals surface area contributed by atoms with Crippen LogP contribution in [0.1, 0.15) is 88.6 Å². The minimum atomic E-state index is -0.833. The molecule has 49 heavy (non-hydrogen) atoms. The largest absolute Gasteiger partial charge is 0.495 e. The number of likely N-dealkylation sites (N-methyl/N-ethyl adjacent to an activating group) is 1. The van der Waals surface area contributed by atoms with Gasteiger partial charge in [-0.05, 0) is 121 Å². The number of methoxy groups -OCH3 is 1. The molecule has 1 atom stereocenters. The van der Waals surface area contributed by atoms with Gasteiger partial charge in [-0.2, -0.15) is 5.10 Å². The number of piperazine rings is 1. The molecular weight excluding hydrogens is 618 g/mol. The number of amides is 2. The Kier molecular flexibility index (Phi) is 10.9. The number of anilines is 1. The predicted octanol–water partition coefficient (Wildman–Crippen LogP) is 6.65. The third-order valence-electron chi connectivity index (χ3n) is 11.3. The fraction of sp³-hybridized carbons (Fsp3) is 0.605. The summed E-state index contributed by atoms with van der Waals surface area (Å²) in [5, 5.41) is 14.4. The molecule has 2 saturated carbocycles. The van der Waals surface area contributed by atoms with Crippen LogP contribution < -0.4 is 9.64 Å². The Morgan fingerprint density at radius 2 is 1.78 bits per heavy atom. The Morgan fingerprint density at radius 1 is 1.02 bits per heavy atom. The van der Waals surface area contributed by atoms with Gasteiger partial charge in [0.1, 0.15) is 11.6 Å². The first-order valence-corrected chi connectivity index (χ1v) is 18.1. The molecule has 2 amide bonds. The third kappa shape index (κ3) is 7.92. The molecule has 0 radical (unpaired) electrons. The number of ether oxygens (including phenoxy) is 1. The van der Waals surface area contributed by atoms with Gasteiger partial charge in [-0.3, -0.25) is 19.4 Å². The Labute approximate surface area is 290 Å². The summed E-state index contributed by atoms with van der Waals surface area (Å²) in [6.45, 7) is 8.90. The highest BCUT2D eigenvalue weighted by Gasteiger charge is 2.39. The number of hydrogen-bond acceptors (Lipinski definition) is 7. The van der Waals surface area contributed by atoms with Crippen LogP contribution >= 0.6 is 0 Å². The minimum absolute atomic E-state index is 0.0207. The van der Waals surface area contributed by atoms with Crippen molar-refractivity contribution in [3.8, 4) is 16.9 Å². The first-order chi connectivity index (χ1) is 23.6. The molecule has 2 aliphatic carbocycles. The van der Waals surface area contributed by atoms with Gasteiger partial charge >= 0.3 is 6.09 Å². The number of rotatable bonds is 9. The normalized spacial score (nSPS) is 24.9. The van der Waals surface area contributed by atoms with E-state index < -0.39 is 6.09 Å². The van der Waals surface area contributed by atoms with Gasteiger partial charge in [0.25, 0.3) is 0 Å². The van der Waals surface area contributed by atoms with E-state index in [9.17, 15) is 14.7 Å². The van der Waals surface area contributed by atoms with Crippen LogP contribution in [-0.2, 0) is 4.79 Å². The summed E-state index contributed by atoms with van der Waals surface area (Å²) in [7, 11) is 3.75. The lowest BCUT2D eigenvalue weighted by Gasteiger charge is -2.44. The standard InChI is InChI=1S/C38H53N7O4/c1-25(2)45-23-32(21-40-45)31-16-17-39-36(20-31)44(22-27-6-8-28(9-7-27)33-14-15-35(49-5)26(3)41-33)37(46)30-12-10-29(11-13-30)34-24-42(4)18-19-43(34)38(47)48/h14-17,20-21,23,25,27-30,34H,6-13,18-19,22,24H2,1-5H3,(H,47,48)/t27-,28-,29-,30-,34?. The highest BCUT2D eigenvalue weighted by Crippen LogP contribution is 2.39. The van der Waals surface area contributed by atoms with Crippen molar-refractivity contribution in [2.75, 3.05) is 45.2 Å². The number of hydrogen-bond donors (Lipinski definition) is 1. The maximum absolute atomic E-state index is 14.5. The molecule has 1 saturated heterocycles. The molecule has 0 aromatic carbocycles. The maximum Gasteiger partial charge on any atom is 0.407 e. The number of carbonyl (C=O) groups is 2. The number of nitrogens with zero attached hydrogens (tertiary/aromatic N) is 7. The fourth-order valence-corrected chi connectivity index (χ4v) is 8.29. The number of carboxylic acid groups (broad SMARTS) is 1. The van der Waals surface area contributed by atoms with Crippen LogP contribution in [0.5, 0.6) is 5.75 Å². The lowest BCUT2D eigenvalue weighted by Crippen LogP contribution is -2.57. The van der Waals surface area contributed by atoms with Crippen molar-refractivity contribution >= 4 is 17.8 Å². The summed E-state index contributed by atoms with van der Waals surface area (Å²) in [5.74, 6) is 2.59. The molecule has 3 aromatic rings. The molecular formula is C38H53N7O4. The molecule has 3 fully saturated rings. The van der Waals surface area contributed by atoms with Gasteiger partial charge in [0.15, 0.2) is 0 Å². The van der Waals surface area contributed by atoms with Gasteiger partial charge in [-0.15, -0.1) is 0 Å².